The van der Waals surface area contributed by atoms with Gasteiger partial charge < -0.3 is 10.4 Å². The van der Waals surface area contributed by atoms with E-state index in [4.69, 9.17) is 5.11 Å². The summed E-state index contributed by atoms with van der Waals surface area (Å²) < 4.78 is 0. The van der Waals surface area contributed by atoms with E-state index in [1.165, 1.54) is 0 Å². The lowest BCUT2D eigenvalue weighted by atomic mass is 10.1. The highest BCUT2D eigenvalue weighted by Gasteiger charge is 2.38. The Morgan fingerprint density at radius 3 is 2.50 bits per heavy atom. The zero-order valence-corrected chi connectivity index (χ0v) is 9.50. The molecular weight excluding hydrogens is 236 g/mol. The molecule has 2 N–H and O–H groups in total. The van der Waals surface area contributed by atoms with Gasteiger partial charge in [0.1, 0.15) is 6.04 Å². The molecule has 1 saturated heterocycles. The fourth-order valence-corrected chi connectivity index (χ4v) is 1.88. The second kappa shape index (κ2) is 4.87. The zero-order valence-electron chi connectivity index (χ0n) is 9.50. The molecule has 1 heterocycles. The number of urea groups is 1. The number of nitrogens with zero attached hydrogens (tertiary/aromatic N) is 1. The van der Waals surface area contributed by atoms with Gasteiger partial charge in [-0.1, -0.05) is 30.3 Å². The van der Waals surface area contributed by atoms with Crippen LogP contribution in [0.1, 0.15) is 5.56 Å². The molecule has 18 heavy (non-hydrogen) atoms. The van der Waals surface area contributed by atoms with Crippen molar-refractivity contribution in [3.63, 3.8) is 0 Å². The van der Waals surface area contributed by atoms with Crippen molar-refractivity contribution < 1.29 is 19.5 Å². The van der Waals surface area contributed by atoms with Crippen LogP contribution in [-0.4, -0.2) is 40.5 Å². The molecule has 3 amide bonds. The van der Waals surface area contributed by atoms with Gasteiger partial charge in [0.25, 0.3) is 5.91 Å². The Bertz CT molecular complexity index is 470. The third kappa shape index (κ3) is 2.32. The van der Waals surface area contributed by atoms with Crippen molar-refractivity contribution in [1.29, 1.82) is 0 Å². The minimum absolute atomic E-state index is 0.106. The smallest absolute Gasteiger partial charge is 0.327 e. The number of carbonyl (C=O) groups is 3. The van der Waals surface area contributed by atoms with E-state index < -0.39 is 23.9 Å². The van der Waals surface area contributed by atoms with Crippen LogP contribution in [0.4, 0.5) is 4.79 Å². The van der Waals surface area contributed by atoms with Crippen LogP contribution in [0.2, 0.25) is 0 Å². The highest BCUT2D eigenvalue weighted by molar-refractivity contribution is 6.04. The highest BCUT2D eigenvalue weighted by Crippen LogP contribution is 2.12. The molecule has 0 saturated carbocycles. The molecule has 1 aliphatic rings. The lowest BCUT2D eigenvalue weighted by molar-refractivity contribution is -0.146. The van der Waals surface area contributed by atoms with Crippen molar-refractivity contribution in [3.8, 4) is 0 Å². The van der Waals surface area contributed by atoms with Crippen molar-refractivity contribution in [2.75, 3.05) is 6.54 Å². The monoisotopic (exact) mass is 248 g/mol. The lowest BCUT2D eigenvalue weighted by Gasteiger charge is -2.21. The molecule has 2 rings (SSSR count). The van der Waals surface area contributed by atoms with E-state index in [1.807, 2.05) is 6.07 Å². The Morgan fingerprint density at radius 2 is 2.00 bits per heavy atom. The van der Waals surface area contributed by atoms with Gasteiger partial charge in [0.15, 0.2) is 0 Å². The molecule has 6 nitrogen and oxygen atoms in total. The standard InChI is InChI=1S/C12H12N2O4/c15-10-7-13-12(18)14(10)9(11(16)17)6-8-4-2-1-3-5-8/h1-5,9H,6-7H2,(H,13,18)(H,16,17)/t9-/m0/s1. The molecule has 0 aliphatic carbocycles. The van der Waals surface area contributed by atoms with Gasteiger partial charge in [-0.05, 0) is 5.56 Å². The van der Waals surface area contributed by atoms with E-state index in [0.29, 0.717) is 0 Å². The number of carboxylic acids is 1. The largest absolute Gasteiger partial charge is 0.480 e. The first-order chi connectivity index (χ1) is 8.59. The maximum atomic E-state index is 11.5. The minimum atomic E-state index is -1.19. The highest BCUT2D eigenvalue weighted by atomic mass is 16.4. The fourth-order valence-electron chi connectivity index (χ4n) is 1.88. The average molecular weight is 248 g/mol. The number of imide groups is 1. The number of nitrogens with one attached hydrogen (secondary N) is 1. The molecular formula is C12H12N2O4. The van der Waals surface area contributed by atoms with E-state index in [1.54, 1.807) is 24.3 Å². The topological polar surface area (TPSA) is 86.7 Å². The van der Waals surface area contributed by atoms with E-state index in [9.17, 15) is 14.4 Å². The number of carbonyl (C=O) groups excluding carboxylic acids is 2. The van der Waals surface area contributed by atoms with Gasteiger partial charge >= 0.3 is 12.0 Å². The molecule has 0 spiro atoms. The van der Waals surface area contributed by atoms with Gasteiger partial charge in [-0.25, -0.2) is 14.5 Å². The van der Waals surface area contributed by atoms with Crippen LogP contribution in [0.15, 0.2) is 30.3 Å². The normalized spacial score (nSPS) is 16.6. The molecule has 1 fully saturated rings. The number of hydrogen-bond donors (Lipinski definition) is 2. The van der Waals surface area contributed by atoms with E-state index in [-0.39, 0.29) is 13.0 Å². The Labute approximate surface area is 103 Å². The molecule has 1 aromatic rings. The third-order valence-electron chi connectivity index (χ3n) is 2.75. The van der Waals surface area contributed by atoms with Crippen LogP contribution < -0.4 is 5.32 Å². The van der Waals surface area contributed by atoms with Crippen LogP contribution in [0.3, 0.4) is 0 Å². The van der Waals surface area contributed by atoms with Crippen molar-refractivity contribution in [2.45, 2.75) is 12.5 Å². The molecule has 0 aromatic heterocycles. The lowest BCUT2D eigenvalue weighted by Crippen LogP contribution is -2.46. The van der Waals surface area contributed by atoms with Crippen molar-refractivity contribution in [1.82, 2.24) is 10.2 Å². The number of hydrogen-bond acceptors (Lipinski definition) is 3. The molecule has 94 valence electrons. The van der Waals surface area contributed by atoms with Gasteiger partial charge in [-0.2, -0.15) is 0 Å². The second-order valence-corrected chi connectivity index (χ2v) is 3.97. The summed E-state index contributed by atoms with van der Waals surface area (Å²) in [5.41, 5.74) is 0.761. The van der Waals surface area contributed by atoms with E-state index in [2.05, 4.69) is 5.32 Å². The summed E-state index contributed by atoms with van der Waals surface area (Å²) in [6.07, 6.45) is 0.106. The van der Waals surface area contributed by atoms with Gasteiger partial charge in [0.2, 0.25) is 0 Å². The number of aliphatic carboxylic acids is 1. The van der Waals surface area contributed by atoms with Crippen LogP contribution >= 0.6 is 0 Å². The predicted octanol–water partition coefficient (Wildman–Crippen LogP) is 0.234. The van der Waals surface area contributed by atoms with Crippen molar-refractivity contribution in [3.05, 3.63) is 35.9 Å². The minimum Gasteiger partial charge on any atom is -0.480 e. The fraction of sp³-hybridized carbons (Fsp3) is 0.250. The number of amides is 3. The van der Waals surface area contributed by atoms with Crippen LogP contribution in [0.25, 0.3) is 0 Å². The summed E-state index contributed by atoms with van der Waals surface area (Å²) in [6, 6.07) is 7.07. The van der Waals surface area contributed by atoms with Crippen molar-refractivity contribution >= 4 is 17.9 Å². The summed E-state index contributed by atoms with van der Waals surface area (Å²) in [5, 5.41) is 11.5. The summed E-state index contributed by atoms with van der Waals surface area (Å²) in [6.45, 7) is -0.141. The van der Waals surface area contributed by atoms with Crippen LogP contribution in [-0.2, 0) is 16.0 Å². The quantitative estimate of drug-likeness (QED) is 0.747. The first-order valence-corrected chi connectivity index (χ1v) is 5.46. The maximum absolute atomic E-state index is 11.5. The Hall–Kier alpha value is -2.37. The summed E-state index contributed by atoms with van der Waals surface area (Å²) in [7, 11) is 0. The molecule has 1 aromatic carbocycles. The van der Waals surface area contributed by atoms with Gasteiger partial charge in [-0.3, -0.25) is 4.79 Å². The van der Waals surface area contributed by atoms with Gasteiger partial charge in [0.05, 0.1) is 6.54 Å². The molecule has 1 aliphatic heterocycles. The SMILES string of the molecule is O=C(O)[C@H](Cc1ccccc1)N1C(=O)CNC1=O. The van der Waals surface area contributed by atoms with Gasteiger partial charge in [0, 0.05) is 6.42 Å². The molecule has 0 radical (unpaired) electrons. The third-order valence-corrected chi connectivity index (χ3v) is 2.75. The van der Waals surface area contributed by atoms with Crippen molar-refractivity contribution in [2.24, 2.45) is 0 Å². The van der Waals surface area contributed by atoms with Gasteiger partial charge in [-0.15, -0.1) is 0 Å². The number of benzene rings is 1. The molecule has 1 atom stereocenters. The molecule has 0 bridgehead atoms. The Balaban J connectivity index is 2.21. The zero-order chi connectivity index (χ0) is 13.1. The predicted molar refractivity (Wildman–Crippen MR) is 61.8 cm³/mol. The van der Waals surface area contributed by atoms with Crippen LogP contribution in [0.5, 0.6) is 0 Å². The van der Waals surface area contributed by atoms with Crippen LogP contribution in [0, 0.1) is 0 Å². The van der Waals surface area contributed by atoms with E-state index >= 15 is 0 Å². The average Bonchev–Trinajstić information content (AvgIpc) is 2.67. The second-order valence-electron chi connectivity index (χ2n) is 3.97. The summed E-state index contributed by atoms with van der Waals surface area (Å²) in [4.78, 5) is 34.9. The first kappa shape index (κ1) is 12.1. The summed E-state index contributed by atoms with van der Waals surface area (Å²) in [5.74, 6) is -1.70. The molecule has 0 unspecified atom stereocenters. The first-order valence-electron chi connectivity index (χ1n) is 5.46. The Morgan fingerprint density at radius 1 is 1.33 bits per heavy atom. The maximum Gasteiger partial charge on any atom is 0.327 e. The Kier molecular flexibility index (Phi) is 3.27. The number of carboxylic acid groups (broad SMARTS) is 1. The van der Waals surface area contributed by atoms with E-state index in [0.717, 1.165) is 10.5 Å². The number of rotatable bonds is 4. The molecule has 6 heteroatoms. The summed E-state index contributed by atoms with van der Waals surface area (Å²) >= 11 is 0.